The van der Waals surface area contributed by atoms with Gasteiger partial charge in [-0.2, -0.15) is 0 Å². The zero-order valence-corrected chi connectivity index (χ0v) is 19.9. The number of benzene rings is 4. The van der Waals surface area contributed by atoms with E-state index in [-0.39, 0.29) is 0 Å². The van der Waals surface area contributed by atoms with Gasteiger partial charge in [0.15, 0.2) is 5.58 Å². The standard InChI is InChI=1S/C30H20N2OSi/c1-34(2)23-13-6-4-9-17(23)28-30(34)19-14-15-21-25-24-18(10-7-11-20(24)31-21)29-27(32(28)26(19)25)16-8-3-5-12-22(16)33-29/h3-15,31H,1-2H3. The highest BCUT2D eigenvalue weighted by atomic mass is 28.3. The molecule has 1 aliphatic rings. The average molecular weight is 453 g/mol. The summed E-state index contributed by atoms with van der Waals surface area (Å²) in [6.07, 6.45) is 0. The number of aromatic nitrogens is 2. The molecule has 0 bridgehead atoms. The summed E-state index contributed by atoms with van der Waals surface area (Å²) >= 11 is 0. The van der Waals surface area contributed by atoms with Crippen molar-refractivity contribution in [1.29, 1.82) is 0 Å². The van der Waals surface area contributed by atoms with E-state index in [1.54, 1.807) is 5.19 Å². The van der Waals surface area contributed by atoms with Gasteiger partial charge in [-0.1, -0.05) is 67.7 Å². The second kappa shape index (κ2) is 5.37. The van der Waals surface area contributed by atoms with Gasteiger partial charge in [-0.3, -0.25) is 0 Å². The third-order valence-electron chi connectivity index (χ3n) is 8.23. The van der Waals surface area contributed by atoms with E-state index in [9.17, 15) is 0 Å². The summed E-state index contributed by atoms with van der Waals surface area (Å²) in [5.41, 5.74) is 9.51. The van der Waals surface area contributed by atoms with Crippen molar-refractivity contribution >= 4 is 78.6 Å². The van der Waals surface area contributed by atoms with Crippen LogP contribution in [0.4, 0.5) is 0 Å². The molecule has 9 rings (SSSR count). The predicted molar refractivity (Wildman–Crippen MR) is 145 cm³/mol. The van der Waals surface area contributed by atoms with Crippen molar-refractivity contribution in [2.24, 2.45) is 0 Å². The molecular formula is C30H20N2OSi. The molecule has 0 fully saturated rings. The van der Waals surface area contributed by atoms with Crippen LogP contribution in [0.25, 0.3) is 71.4 Å². The first-order valence-electron chi connectivity index (χ1n) is 11.9. The first-order chi connectivity index (χ1) is 16.6. The van der Waals surface area contributed by atoms with E-state index in [1.807, 2.05) is 0 Å². The maximum absolute atomic E-state index is 6.67. The van der Waals surface area contributed by atoms with Crippen molar-refractivity contribution in [2.45, 2.75) is 13.1 Å². The molecule has 34 heavy (non-hydrogen) atoms. The van der Waals surface area contributed by atoms with Crippen LogP contribution in [0.2, 0.25) is 13.1 Å². The predicted octanol–water partition coefficient (Wildman–Crippen LogP) is 6.87. The summed E-state index contributed by atoms with van der Waals surface area (Å²) in [6.45, 7) is 5.01. The summed E-state index contributed by atoms with van der Waals surface area (Å²) in [5, 5.41) is 9.40. The smallest absolute Gasteiger partial charge is 0.160 e. The van der Waals surface area contributed by atoms with E-state index in [0.29, 0.717) is 0 Å². The zero-order chi connectivity index (χ0) is 22.3. The monoisotopic (exact) mass is 452 g/mol. The minimum Gasteiger partial charge on any atom is -0.454 e. The fourth-order valence-corrected chi connectivity index (χ4v) is 10.3. The number of fused-ring (bicyclic) bond motifs is 10. The Labute approximate surface area is 195 Å². The van der Waals surface area contributed by atoms with Crippen LogP contribution < -0.4 is 10.4 Å². The largest absolute Gasteiger partial charge is 0.454 e. The summed E-state index contributed by atoms with van der Waals surface area (Å²) < 4.78 is 9.23. The molecule has 1 N–H and O–H groups in total. The van der Waals surface area contributed by atoms with Gasteiger partial charge in [0.1, 0.15) is 19.2 Å². The van der Waals surface area contributed by atoms with Crippen molar-refractivity contribution < 1.29 is 4.42 Å². The molecule has 0 atom stereocenters. The number of H-pyrrole nitrogens is 1. The van der Waals surface area contributed by atoms with Gasteiger partial charge in [-0.15, -0.1) is 0 Å². The molecule has 5 heterocycles. The van der Waals surface area contributed by atoms with Crippen LogP contribution in [-0.4, -0.2) is 17.5 Å². The number of hydrogen-bond acceptors (Lipinski definition) is 1. The van der Waals surface area contributed by atoms with Gasteiger partial charge in [-0.25, -0.2) is 0 Å². The Morgan fingerprint density at radius 1 is 0.706 bits per heavy atom. The van der Waals surface area contributed by atoms with Gasteiger partial charge in [0.25, 0.3) is 0 Å². The molecule has 4 heteroatoms. The Morgan fingerprint density at radius 2 is 1.50 bits per heavy atom. The number of rotatable bonds is 0. The maximum atomic E-state index is 6.67. The summed E-state index contributed by atoms with van der Waals surface area (Å²) in [6, 6.07) is 28.7. The molecule has 0 radical (unpaired) electrons. The van der Waals surface area contributed by atoms with E-state index in [4.69, 9.17) is 4.42 Å². The molecule has 8 aromatic rings. The SMILES string of the molecule is C[Si]1(C)c2ccccc2-c2c1c1ccc3[nH]c4cccc5c6oc7ccccc7c6n2c1c3c45. The van der Waals surface area contributed by atoms with Gasteiger partial charge in [0, 0.05) is 38.0 Å². The minimum atomic E-state index is -1.89. The summed E-state index contributed by atoms with van der Waals surface area (Å²) in [7, 11) is -1.89. The Balaban J connectivity index is 1.76. The molecule has 3 nitrogen and oxygen atoms in total. The molecule has 0 amide bonds. The lowest BCUT2D eigenvalue weighted by Crippen LogP contribution is -2.49. The second-order valence-corrected chi connectivity index (χ2v) is 14.5. The van der Waals surface area contributed by atoms with Gasteiger partial charge in [-0.05, 0) is 40.2 Å². The molecule has 4 aromatic heterocycles. The summed E-state index contributed by atoms with van der Waals surface area (Å²) in [5.74, 6) is 0. The summed E-state index contributed by atoms with van der Waals surface area (Å²) in [4.78, 5) is 3.70. The molecule has 0 spiro atoms. The first kappa shape index (κ1) is 17.5. The molecule has 0 saturated carbocycles. The number of nitrogens with zero attached hydrogens (tertiary/aromatic N) is 1. The van der Waals surface area contributed by atoms with Crippen LogP contribution in [-0.2, 0) is 0 Å². The highest BCUT2D eigenvalue weighted by molar-refractivity contribution is 7.05. The van der Waals surface area contributed by atoms with Crippen LogP contribution in [0.3, 0.4) is 0 Å². The van der Waals surface area contributed by atoms with Crippen molar-refractivity contribution in [3.8, 4) is 11.3 Å². The number of hydrogen-bond donors (Lipinski definition) is 1. The quantitative estimate of drug-likeness (QED) is 0.250. The van der Waals surface area contributed by atoms with E-state index < -0.39 is 8.07 Å². The molecule has 0 aliphatic carbocycles. The Morgan fingerprint density at radius 3 is 2.44 bits per heavy atom. The van der Waals surface area contributed by atoms with Gasteiger partial charge in [0.2, 0.25) is 0 Å². The molecule has 1 aliphatic heterocycles. The Bertz CT molecular complexity index is 2150. The Hall–Kier alpha value is -4.02. The highest BCUT2D eigenvalue weighted by Crippen LogP contribution is 2.45. The Kier molecular flexibility index (Phi) is 2.76. The lowest BCUT2D eigenvalue weighted by atomic mass is 10.1. The average Bonchev–Trinajstić information content (AvgIpc) is 3.54. The van der Waals surface area contributed by atoms with Gasteiger partial charge >= 0.3 is 0 Å². The van der Waals surface area contributed by atoms with Crippen LogP contribution in [0.1, 0.15) is 0 Å². The number of aromatic amines is 1. The van der Waals surface area contributed by atoms with Gasteiger partial charge < -0.3 is 13.8 Å². The third kappa shape index (κ3) is 1.71. The maximum Gasteiger partial charge on any atom is 0.160 e. The molecular weight excluding hydrogens is 432 g/mol. The number of nitrogens with one attached hydrogen (secondary N) is 1. The second-order valence-electron chi connectivity index (χ2n) is 10.2. The number of para-hydroxylation sites is 1. The normalized spacial score (nSPS) is 15.0. The van der Waals surface area contributed by atoms with Crippen LogP contribution >= 0.6 is 0 Å². The van der Waals surface area contributed by atoms with E-state index in [1.165, 1.54) is 59.9 Å². The van der Waals surface area contributed by atoms with Gasteiger partial charge in [0.05, 0.1) is 11.2 Å². The lowest BCUT2D eigenvalue weighted by Gasteiger charge is -2.18. The topological polar surface area (TPSA) is 33.3 Å². The molecule has 0 saturated heterocycles. The van der Waals surface area contributed by atoms with E-state index in [0.717, 1.165) is 16.7 Å². The van der Waals surface area contributed by atoms with Crippen LogP contribution in [0.5, 0.6) is 0 Å². The van der Waals surface area contributed by atoms with Crippen molar-refractivity contribution in [3.63, 3.8) is 0 Å². The first-order valence-corrected chi connectivity index (χ1v) is 14.9. The minimum absolute atomic E-state index is 0.939. The fourth-order valence-electron chi connectivity index (χ4n) is 6.91. The van der Waals surface area contributed by atoms with Crippen LogP contribution in [0.15, 0.2) is 83.3 Å². The lowest BCUT2D eigenvalue weighted by molar-refractivity contribution is 0.672. The van der Waals surface area contributed by atoms with Crippen molar-refractivity contribution in [1.82, 2.24) is 9.38 Å². The molecule has 0 unspecified atom stereocenters. The number of furan rings is 1. The van der Waals surface area contributed by atoms with Crippen LogP contribution in [0, 0.1) is 0 Å². The highest BCUT2D eigenvalue weighted by Gasteiger charge is 2.42. The van der Waals surface area contributed by atoms with Crippen molar-refractivity contribution in [2.75, 3.05) is 0 Å². The third-order valence-corrected chi connectivity index (χ3v) is 11.8. The van der Waals surface area contributed by atoms with E-state index in [2.05, 4.69) is 101 Å². The van der Waals surface area contributed by atoms with E-state index >= 15 is 0 Å². The van der Waals surface area contributed by atoms with Crippen molar-refractivity contribution in [3.05, 3.63) is 78.9 Å². The zero-order valence-electron chi connectivity index (χ0n) is 18.9. The molecule has 160 valence electrons. The fraction of sp³-hybridized carbons (Fsp3) is 0.0667. The molecule has 4 aromatic carbocycles.